The summed E-state index contributed by atoms with van der Waals surface area (Å²) in [4.78, 5) is 23.0. The van der Waals surface area contributed by atoms with E-state index >= 15 is 0 Å². The molecule has 2 heterocycles. The monoisotopic (exact) mass is 198 g/mol. The highest BCUT2D eigenvalue weighted by Crippen LogP contribution is 2.24. The summed E-state index contributed by atoms with van der Waals surface area (Å²) in [6, 6.07) is 10.5. The lowest BCUT2D eigenvalue weighted by atomic mass is 10.0. The van der Waals surface area contributed by atoms with E-state index in [-0.39, 0.29) is 0 Å². The molecule has 4 bridgehead atoms. The number of esters is 2. The van der Waals surface area contributed by atoms with E-state index in [1.807, 2.05) is 6.07 Å². The highest BCUT2D eigenvalue weighted by Gasteiger charge is 2.20. The van der Waals surface area contributed by atoms with Gasteiger partial charge in [0.05, 0.1) is 11.1 Å². The van der Waals surface area contributed by atoms with Gasteiger partial charge in [0.1, 0.15) is 0 Å². The molecule has 0 saturated carbocycles. The lowest BCUT2D eigenvalue weighted by molar-refractivity contribution is 0.0398. The van der Waals surface area contributed by atoms with Gasteiger partial charge in [0.2, 0.25) is 0 Å². The first kappa shape index (κ1) is 8.17. The molecule has 72 valence electrons. The van der Waals surface area contributed by atoms with E-state index in [0.29, 0.717) is 11.1 Å². The van der Waals surface area contributed by atoms with Crippen molar-refractivity contribution < 1.29 is 14.3 Å². The second-order valence-electron chi connectivity index (χ2n) is 3.42. The van der Waals surface area contributed by atoms with Gasteiger partial charge in [-0.05, 0) is 29.0 Å². The van der Waals surface area contributed by atoms with E-state index in [1.54, 1.807) is 30.3 Å². The lowest BCUT2D eigenvalue weighted by Crippen LogP contribution is -2.15. The zero-order valence-electron chi connectivity index (χ0n) is 7.69. The van der Waals surface area contributed by atoms with Crippen LogP contribution in [0.3, 0.4) is 0 Å². The molecule has 0 radical (unpaired) electrons. The van der Waals surface area contributed by atoms with Crippen molar-refractivity contribution >= 4 is 22.7 Å². The summed E-state index contributed by atoms with van der Waals surface area (Å²) >= 11 is 0. The van der Waals surface area contributed by atoms with Gasteiger partial charge in [-0.2, -0.15) is 0 Å². The maximum absolute atomic E-state index is 11.5. The van der Waals surface area contributed by atoms with Gasteiger partial charge < -0.3 is 4.74 Å². The van der Waals surface area contributed by atoms with Crippen molar-refractivity contribution in [3.8, 4) is 0 Å². The Morgan fingerprint density at radius 1 is 0.933 bits per heavy atom. The molecule has 0 unspecified atom stereocenters. The quantitative estimate of drug-likeness (QED) is 0.481. The molecular formula is C12H6O3. The molecule has 0 saturated heterocycles. The van der Waals surface area contributed by atoms with Crippen LogP contribution in [0.2, 0.25) is 0 Å². The van der Waals surface area contributed by atoms with Crippen LogP contribution in [-0.4, -0.2) is 11.9 Å². The third-order valence-electron chi connectivity index (χ3n) is 2.52. The van der Waals surface area contributed by atoms with Gasteiger partial charge in [-0.3, -0.25) is 0 Å². The van der Waals surface area contributed by atoms with Crippen molar-refractivity contribution in [2.45, 2.75) is 0 Å². The molecule has 3 heteroatoms. The molecule has 0 aliphatic carbocycles. The first-order valence-electron chi connectivity index (χ1n) is 4.55. The van der Waals surface area contributed by atoms with E-state index in [1.165, 1.54) is 0 Å². The SMILES string of the molecule is O=C1OC(=O)c2cccc3cc1ccc23. The van der Waals surface area contributed by atoms with Gasteiger partial charge in [-0.1, -0.05) is 18.2 Å². The Morgan fingerprint density at radius 2 is 1.80 bits per heavy atom. The largest absolute Gasteiger partial charge is 0.386 e. The molecule has 2 aliphatic rings. The molecule has 0 atom stereocenters. The zero-order valence-corrected chi connectivity index (χ0v) is 7.69. The second kappa shape index (κ2) is 2.67. The van der Waals surface area contributed by atoms with Crippen molar-refractivity contribution in [2.24, 2.45) is 0 Å². The van der Waals surface area contributed by atoms with E-state index in [9.17, 15) is 9.59 Å². The van der Waals surface area contributed by atoms with E-state index in [4.69, 9.17) is 0 Å². The number of carbonyl (C=O) groups is 2. The third-order valence-corrected chi connectivity index (χ3v) is 2.52. The van der Waals surface area contributed by atoms with E-state index in [0.717, 1.165) is 10.8 Å². The Bertz CT molecular complexity index is 599. The smallest absolute Gasteiger partial charge is 0.346 e. The maximum atomic E-state index is 11.5. The van der Waals surface area contributed by atoms with Gasteiger partial charge >= 0.3 is 11.9 Å². The molecule has 0 aromatic heterocycles. The van der Waals surface area contributed by atoms with Crippen LogP contribution in [0.25, 0.3) is 10.8 Å². The molecule has 3 nitrogen and oxygen atoms in total. The normalized spacial score (nSPS) is 14.1. The van der Waals surface area contributed by atoms with Crippen molar-refractivity contribution in [3.63, 3.8) is 0 Å². The van der Waals surface area contributed by atoms with E-state index < -0.39 is 11.9 Å². The van der Waals surface area contributed by atoms with Gasteiger partial charge in [0.25, 0.3) is 0 Å². The van der Waals surface area contributed by atoms with Gasteiger partial charge in [0, 0.05) is 0 Å². The van der Waals surface area contributed by atoms with Crippen molar-refractivity contribution in [1.82, 2.24) is 0 Å². The van der Waals surface area contributed by atoms with E-state index in [2.05, 4.69) is 4.74 Å². The average molecular weight is 198 g/mol. The minimum atomic E-state index is -0.589. The molecule has 15 heavy (non-hydrogen) atoms. The number of fused-ring (bicyclic) bond motifs is 3. The number of carbonyl (C=O) groups excluding carboxylic acids is 2. The molecule has 2 aromatic carbocycles. The zero-order chi connectivity index (χ0) is 10.4. The minimum absolute atomic E-state index is 0.410. The van der Waals surface area contributed by atoms with Crippen molar-refractivity contribution in [2.75, 3.05) is 0 Å². The summed E-state index contributed by atoms with van der Waals surface area (Å²) in [5, 5.41) is 1.70. The fourth-order valence-electron chi connectivity index (χ4n) is 1.79. The highest BCUT2D eigenvalue weighted by atomic mass is 16.6. The summed E-state index contributed by atoms with van der Waals surface area (Å²) in [5.74, 6) is -1.17. The summed E-state index contributed by atoms with van der Waals surface area (Å²) in [6.45, 7) is 0. The molecule has 4 rings (SSSR count). The molecule has 0 spiro atoms. The Balaban J connectivity index is 2.52. The topological polar surface area (TPSA) is 43.4 Å². The number of hydrogen-bond acceptors (Lipinski definition) is 3. The van der Waals surface area contributed by atoms with Crippen LogP contribution in [-0.2, 0) is 4.74 Å². The first-order valence-corrected chi connectivity index (χ1v) is 4.55. The number of rotatable bonds is 0. The Morgan fingerprint density at radius 3 is 2.67 bits per heavy atom. The Labute approximate surface area is 85.3 Å². The molecule has 0 N–H and O–H groups in total. The van der Waals surface area contributed by atoms with Crippen LogP contribution in [0.5, 0.6) is 0 Å². The first-order chi connectivity index (χ1) is 7.25. The van der Waals surface area contributed by atoms with Crippen LogP contribution in [0.4, 0.5) is 0 Å². The van der Waals surface area contributed by atoms with Gasteiger partial charge in [-0.25, -0.2) is 9.59 Å². The number of ether oxygens (including phenoxy) is 1. The van der Waals surface area contributed by atoms with Crippen LogP contribution in [0, 0.1) is 0 Å². The molecule has 0 fully saturated rings. The van der Waals surface area contributed by atoms with Crippen LogP contribution in [0.1, 0.15) is 20.7 Å². The van der Waals surface area contributed by atoms with Crippen LogP contribution < -0.4 is 0 Å². The standard InChI is InChI=1S/C12H6O3/c13-11-8-4-5-9-7(6-8)2-1-3-10(9)12(14)15-11/h1-6H. The summed E-state index contributed by atoms with van der Waals surface area (Å²) in [7, 11) is 0. The van der Waals surface area contributed by atoms with Gasteiger partial charge in [-0.15, -0.1) is 0 Å². The fourth-order valence-corrected chi connectivity index (χ4v) is 1.79. The molecule has 2 aromatic rings. The minimum Gasteiger partial charge on any atom is -0.386 e. The molecule has 2 aliphatic heterocycles. The average Bonchev–Trinajstić information content (AvgIpc) is 2.26. The highest BCUT2D eigenvalue weighted by molar-refractivity contribution is 6.13. The predicted octanol–water partition coefficient (Wildman–Crippen LogP) is 2.15. The summed E-state index contributed by atoms with van der Waals surface area (Å²) in [6.07, 6.45) is 0. The predicted molar refractivity (Wildman–Crippen MR) is 53.7 cm³/mol. The molecule has 0 amide bonds. The van der Waals surface area contributed by atoms with Gasteiger partial charge in [0.15, 0.2) is 0 Å². The summed E-state index contributed by atoms with van der Waals surface area (Å²) in [5.41, 5.74) is 0.847. The fraction of sp³-hybridized carbons (Fsp3) is 0. The lowest BCUT2D eigenvalue weighted by Gasteiger charge is -2.11. The number of benzene rings is 2. The Kier molecular flexibility index (Phi) is 1.45. The van der Waals surface area contributed by atoms with Crippen LogP contribution in [0.15, 0.2) is 36.4 Å². The Hall–Kier alpha value is -2.16. The second-order valence-corrected chi connectivity index (χ2v) is 3.42. The number of hydrogen-bond donors (Lipinski definition) is 0. The van der Waals surface area contributed by atoms with Crippen LogP contribution >= 0.6 is 0 Å². The maximum Gasteiger partial charge on any atom is 0.346 e. The third kappa shape index (κ3) is 1.06. The van der Waals surface area contributed by atoms with Crippen molar-refractivity contribution in [1.29, 1.82) is 0 Å². The van der Waals surface area contributed by atoms with Crippen molar-refractivity contribution in [3.05, 3.63) is 47.5 Å². The summed E-state index contributed by atoms with van der Waals surface area (Å²) < 4.78 is 4.68. The molecular weight excluding hydrogens is 192 g/mol.